The molecule has 3 rings (SSSR count). The van der Waals surface area contributed by atoms with Gasteiger partial charge in [-0.15, -0.1) is 12.4 Å². The van der Waals surface area contributed by atoms with E-state index in [1.807, 2.05) is 78.9 Å². The normalized spacial score (nSPS) is 12.5. The van der Waals surface area contributed by atoms with Crippen molar-refractivity contribution in [2.45, 2.75) is 25.2 Å². The number of nitrogens with two attached hydrogens (primary N) is 1. The van der Waals surface area contributed by atoms with Gasteiger partial charge in [0.15, 0.2) is 11.5 Å². The molecule has 2 atom stereocenters. The molecule has 3 N–H and O–H groups in total. The smallest absolute Gasteiger partial charge is 0.161 e. The molecule has 0 aliphatic rings. The Hall–Kier alpha value is -2.53. The van der Waals surface area contributed by atoms with Crippen LogP contribution >= 0.6 is 12.4 Å². The van der Waals surface area contributed by atoms with E-state index in [9.17, 15) is 5.11 Å². The average Bonchev–Trinajstić information content (AvgIpc) is 2.73. The molecule has 0 aromatic heterocycles. The summed E-state index contributed by atoms with van der Waals surface area (Å²) >= 11 is 0. The van der Waals surface area contributed by atoms with Crippen molar-refractivity contribution in [2.24, 2.45) is 5.73 Å². The maximum atomic E-state index is 10.6. The minimum absolute atomic E-state index is 0. The summed E-state index contributed by atoms with van der Waals surface area (Å²) in [5.74, 6) is 1.25. The first-order valence-corrected chi connectivity index (χ1v) is 8.99. The third kappa shape index (κ3) is 5.73. The van der Waals surface area contributed by atoms with Crippen LogP contribution in [-0.4, -0.2) is 18.3 Å². The Labute approximate surface area is 172 Å². The highest BCUT2D eigenvalue weighted by Gasteiger charge is 2.19. The van der Waals surface area contributed by atoms with E-state index in [1.54, 1.807) is 7.11 Å². The molecule has 0 amide bonds. The van der Waals surface area contributed by atoms with Crippen LogP contribution in [0.4, 0.5) is 0 Å². The minimum atomic E-state index is -0.692. The van der Waals surface area contributed by atoms with E-state index < -0.39 is 12.1 Å². The molecule has 0 heterocycles. The number of benzene rings is 3. The first kappa shape index (κ1) is 21.8. The quantitative estimate of drug-likeness (QED) is 0.592. The number of ether oxygens (including phenoxy) is 2. The summed E-state index contributed by atoms with van der Waals surface area (Å²) in [7, 11) is 1.61. The lowest BCUT2D eigenvalue weighted by Crippen LogP contribution is -2.28. The van der Waals surface area contributed by atoms with E-state index in [4.69, 9.17) is 15.2 Å². The lowest BCUT2D eigenvalue weighted by molar-refractivity contribution is 0.145. The molecule has 0 aliphatic heterocycles. The minimum Gasteiger partial charge on any atom is -0.493 e. The van der Waals surface area contributed by atoms with Gasteiger partial charge < -0.3 is 20.3 Å². The zero-order valence-corrected chi connectivity index (χ0v) is 16.6. The van der Waals surface area contributed by atoms with Crippen LogP contribution in [0.15, 0.2) is 78.9 Å². The highest BCUT2D eigenvalue weighted by molar-refractivity contribution is 5.85. The van der Waals surface area contributed by atoms with Crippen molar-refractivity contribution >= 4 is 12.4 Å². The summed E-state index contributed by atoms with van der Waals surface area (Å²) in [6, 6.07) is 24.8. The van der Waals surface area contributed by atoms with Crippen molar-refractivity contribution in [3.63, 3.8) is 0 Å². The van der Waals surface area contributed by atoms with E-state index in [1.165, 1.54) is 0 Å². The number of halogens is 1. The fourth-order valence-corrected chi connectivity index (χ4v) is 2.95. The molecule has 0 saturated heterocycles. The Balaban J connectivity index is 0.00000280. The Morgan fingerprint density at radius 1 is 0.857 bits per heavy atom. The van der Waals surface area contributed by atoms with E-state index in [0.717, 1.165) is 16.7 Å². The molecule has 0 fully saturated rings. The fraction of sp³-hybridized carbons (Fsp3) is 0.217. The monoisotopic (exact) mass is 399 g/mol. The van der Waals surface area contributed by atoms with Gasteiger partial charge in [-0.1, -0.05) is 66.7 Å². The van der Waals surface area contributed by atoms with Crippen molar-refractivity contribution in [2.75, 3.05) is 7.11 Å². The Bertz CT molecular complexity index is 843. The second-order valence-corrected chi connectivity index (χ2v) is 6.47. The van der Waals surface area contributed by atoms with Crippen LogP contribution in [0.5, 0.6) is 11.5 Å². The van der Waals surface area contributed by atoms with Gasteiger partial charge in [-0.05, 0) is 28.8 Å². The molecule has 28 heavy (non-hydrogen) atoms. The van der Waals surface area contributed by atoms with Gasteiger partial charge in [0.05, 0.1) is 19.3 Å². The van der Waals surface area contributed by atoms with Gasteiger partial charge in [0, 0.05) is 6.42 Å². The Kier molecular flexibility index (Phi) is 8.33. The van der Waals surface area contributed by atoms with Crippen LogP contribution in [0.1, 0.15) is 22.7 Å². The maximum Gasteiger partial charge on any atom is 0.161 e. The molecule has 3 aromatic carbocycles. The van der Waals surface area contributed by atoms with E-state index in [2.05, 4.69) is 0 Å². The van der Waals surface area contributed by atoms with Crippen LogP contribution in [-0.2, 0) is 13.0 Å². The van der Waals surface area contributed by atoms with Gasteiger partial charge in [-0.2, -0.15) is 0 Å². The van der Waals surface area contributed by atoms with E-state index in [-0.39, 0.29) is 12.4 Å². The number of hydrogen-bond donors (Lipinski definition) is 2. The van der Waals surface area contributed by atoms with Gasteiger partial charge in [0.2, 0.25) is 0 Å². The summed E-state index contributed by atoms with van der Waals surface area (Å²) in [5, 5.41) is 10.6. The second-order valence-electron chi connectivity index (χ2n) is 6.47. The average molecular weight is 400 g/mol. The van der Waals surface area contributed by atoms with Crippen LogP contribution in [0.25, 0.3) is 0 Å². The Morgan fingerprint density at radius 2 is 1.46 bits per heavy atom. The summed E-state index contributed by atoms with van der Waals surface area (Å²) in [6.07, 6.45) is -0.198. The lowest BCUT2D eigenvalue weighted by Gasteiger charge is -2.21. The third-order valence-corrected chi connectivity index (χ3v) is 4.51. The van der Waals surface area contributed by atoms with Gasteiger partial charge >= 0.3 is 0 Å². The second kappa shape index (κ2) is 10.7. The summed E-state index contributed by atoms with van der Waals surface area (Å²) in [4.78, 5) is 0. The molecule has 0 aliphatic carbocycles. The third-order valence-electron chi connectivity index (χ3n) is 4.51. The van der Waals surface area contributed by atoms with Crippen molar-refractivity contribution in [1.29, 1.82) is 0 Å². The number of hydrogen-bond acceptors (Lipinski definition) is 4. The van der Waals surface area contributed by atoms with Crippen molar-refractivity contribution < 1.29 is 14.6 Å². The summed E-state index contributed by atoms with van der Waals surface area (Å²) < 4.78 is 11.3. The predicted molar refractivity (Wildman–Crippen MR) is 114 cm³/mol. The molecule has 0 unspecified atom stereocenters. The van der Waals surface area contributed by atoms with Crippen LogP contribution in [0.3, 0.4) is 0 Å². The lowest BCUT2D eigenvalue weighted by atomic mass is 9.96. The Morgan fingerprint density at radius 3 is 2.07 bits per heavy atom. The van der Waals surface area contributed by atoms with E-state index in [0.29, 0.717) is 24.5 Å². The summed E-state index contributed by atoms with van der Waals surface area (Å²) in [6.45, 7) is 0.433. The first-order valence-electron chi connectivity index (χ1n) is 8.99. The van der Waals surface area contributed by atoms with Crippen molar-refractivity contribution in [3.05, 3.63) is 95.6 Å². The van der Waals surface area contributed by atoms with Gasteiger partial charge in [0.1, 0.15) is 6.61 Å². The maximum absolute atomic E-state index is 10.6. The molecule has 148 valence electrons. The van der Waals surface area contributed by atoms with Crippen molar-refractivity contribution in [3.8, 4) is 11.5 Å². The molecular formula is C23H26ClNO3. The fourth-order valence-electron chi connectivity index (χ4n) is 2.95. The SMILES string of the molecule is COc1ccc([C@@H](N)[C@@H](O)Cc2ccccc2)cc1OCc1ccccc1.Cl. The molecule has 3 aromatic rings. The topological polar surface area (TPSA) is 64.7 Å². The number of rotatable bonds is 8. The van der Waals surface area contributed by atoms with E-state index >= 15 is 0 Å². The largest absolute Gasteiger partial charge is 0.493 e. The van der Waals surface area contributed by atoms with Crippen LogP contribution in [0.2, 0.25) is 0 Å². The van der Waals surface area contributed by atoms with Crippen LogP contribution in [0, 0.1) is 0 Å². The highest BCUT2D eigenvalue weighted by atomic mass is 35.5. The summed E-state index contributed by atoms with van der Waals surface area (Å²) in [5.41, 5.74) is 9.23. The molecule has 0 bridgehead atoms. The molecule has 0 spiro atoms. The molecule has 5 heteroatoms. The zero-order valence-electron chi connectivity index (χ0n) is 15.8. The van der Waals surface area contributed by atoms with Gasteiger partial charge in [0.25, 0.3) is 0 Å². The van der Waals surface area contributed by atoms with Crippen LogP contribution < -0.4 is 15.2 Å². The zero-order chi connectivity index (χ0) is 19.1. The van der Waals surface area contributed by atoms with Gasteiger partial charge in [-0.3, -0.25) is 0 Å². The molecule has 0 radical (unpaired) electrons. The number of aliphatic hydroxyl groups is 1. The number of aliphatic hydroxyl groups excluding tert-OH is 1. The molecular weight excluding hydrogens is 374 g/mol. The first-order chi connectivity index (χ1) is 13.2. The highest BCUT2D eigenvalue weighted by Crippen LogP contribution is 2.31. The van der Waals surface area contributed by atoms with Crippen molar-refractivity contribution in [1.82, 2.24) is 0 Å². The van der Waals surface area contributed by atoms with Gasteiger partial charge in [-0.25, -0.2) is 0 Å². The molecule has 4 nitrogen and oxygen atoms in total. The predicted octanol–water partition coefficient (Wildman–Crippen LogP) is 4.30. The number of methoxy groups -OCH3 is 1. The standard InChI is InChI=1S/C23H25NO3.ClH/c1-26-21-13-12-19(15-22(21)27-16-18-10-6-3-7-11-18)23(24)20(25)14-17-8-4-2-5-9-17;/h2-13,15,20,23,25H,14,16,24H2,1H3;1H/t20-,23+;/m0./s1. The molecule has 0 saturated carbocycles.